The Morgan fingerprint density at radius 3 is 2.54 bits per heavy atom. The Morgan fingerprint density at radius 2 is 1.88 bits per heavy atom. The van der Waals surface area contributed by atoms with Gasteiger partial charge in [-0.3, -0.25) is 4.79 Å². The highest BCUT2D eigenvalue weighted by Gasteiger charge is 2.05. The zero-order valence-corrected chi connectivity index (χ0v) is 15.3. The summed E-state index contributed by atoms with van der Waals surface area (Å²) < 4.78 is 14.5. The first-order chi connectivity index (χ1) is 11.6. The summed E-state index contributed by atoms with van der Waals surface area (Å²) in [4.78, 5) is 11.9. The third kappa shape index (κ3) is 5.73. The van der Waals surface area contributed by atoms with Crippen molar-refractivity contribution in [2.24, 2.45) is 0 Å². The van der Waals surface area contributed by atoms with Crippen molar-refractivity contribution in [2.75, 3.05) is 6.54 Å². The van der Waals surface area contributed by atoms with Gasteiger partial charge in [0.2, 0.25) is 0 Å². The molecule has 0 aliphatic carbocycles. The van der Waals surface area contributed by atoms with E-state index in [0.717, 1.165) is 22.9 Å². The van der Waals surface area contributed by atoms with Crippen molar-refractivity contribution in [1.82, 2.24) is 10.6 Å². The van der Waals surface area contributed by atoms with Crippen LogP contribution in [0.2, 0.25) is 0 Å². The second-order valence-corrected chi connectivity index (χ2v) is 6.56. The summed E-state index contributed by atoms with van der Waals surface area (Å²) in [5.74, 6) is -0.268. The van der Waals surface area contributed by atoms with Crippen LogP contribution in [0.1, 0.15) is 41.3 Å². The molecule has 0 heterocycles. The SMILES string of the molecule is CCCCNC(=O)c1ccc(CNCc2ccc(Br)cc2F)cc1. The summed E-state index contributed by atoms with van der Waals surface area (Å²) in [5.41, 5.74) is 2.34. The van der Waals surface area contributed by atoms with Gasteiger partial charge in [-0.2, -0.15) is 0 Å². The maximum atomic E-state index is 13.7. The van der Waals surface area contributed by atoms with Crippen molar-refractivity contribution < 1.29 is 9.18 Å². The number of hydrogen-bond acceptors (Lipinski definition) is 2. The molecule has 0 spiro atoms. The van der Waals surface area contributed by atoms with Crippen molar-refractivity contribution in [3.8, 4) is 0 Å². The molecule has 24 heavy (non-hydrogen) atoms. The van der Waals surface area contributed by atoms with Gasteiger partial charge < -0.3 is 10.6 Å². The molecule has 0 saturated carbocycles. The Hall–Kier alpha value is -1.72. The molecular formula is C19H22BrFN2O. The topological polar surface area (TPSA) is 41.1 Å². The van der Waals surface area contributed by atoms with Gasteiger partial charge in [0.05, 0.1) is 0 Å². The van der Waals surface area contributed by atoms with Gasteiger partial charge in [0.25, 0.3) is 5.91 Å². The molecule has 2 aromatic carbocycles. The molecule has 0 atom stereocenters. The average molecular weight is 393 g/mol. The highest BCUT2D eigenvalue weighted by molar-refractivity contribution is 9.10. The highest BCUT2D eigenvalue weighted by Crippen LogP contribution is 2.15. The lowest BCUT2D eigenvalue weighted by atomic mass is 10.1. The van der Waals surface area contributed by atoms with Gasteiger partial charge in [-0.15, -0.1) is 0 Å². The third-order valence-corrected chi connectivity index (χ3v) is 4.18. The van der Waals surface area contributed by atoms with Crippen LogP contribution in [-0.4, -0.2) is 12.5 Å². The average Bonchev–Trinajstić information content (AvgIpc) is 2.57. The molecule has 0 saturated heterocycles. The summed E-state index contributed by atoms with van der Waals surface area (Å²) in [7, 11) is 0. The Bertz CT molecular complexity index is 674. The summed E-state index contributed by atoms with van der Waals surface area (Å²) >= 11 is 3.25. The number of halogens is 2. The van der Waals surface area contributed by atoms with Crippen LogP contribution in [0.15, 0.2) is 46.9 Å². The second kappa shape index (κ2) is 9.55. The van der Waals surface area contributed by atoms with E-state index in [0.29, 0.717) is 30.8 Å². The molecule has 0 aromatic heterocycles. The van der Waals surface area contributed by atoms with E-state index in [1.54, 1.807) is 6.07 Å². The number of rotatable bonds is 8. The van der Waals surface area contributed by atoms with Crippen LogP contribution >= 0.6 is 15.9 Å². The Morgan fingerprint density at radius 1 is 1.12 bits per heavy atom. The molecule has 0 aliphatic heterocycles. The van der Waals surface area contributed by atoms with Crippen LogP contribution < -0.4 is 10.6 Å². The number of carbonyl (C=O) groups excluding carboxylic acids is 1. The Kier molecular flexibility index (Phi) is 7.40. The minimum absolute atomic E-state index is 0.0418. The summed E-state index contributed by atoms with van der Waals surface area (Å²) in [6.07, 6.45) is 2.05. The predicted octanol–water partition coefficient (Wildman–Crippen LogP) is 4.41. The van der Waals surface area contributed by atoms with Crippen molar-refractivity contribution in [3.05, 3.63) is 69.4 Å². The van der Waals surface area contributed by atoms with Gasteiger partial charge in [0.1, 0.15) is 5.82 Å². The van der Waals surface area contributed by atoms with E-state index in [2.05, 4.69) is 33.5 Å². The van der Waals surface area contributed by atoms with Crippen molar-refractivity contribution >= 4 is 21.8 Å². The van der Waals surface area contributed by atoms with Crippen LogP contribution in [0.3, 0.4) is 0 Å². The van der Waals surface area contributed by atoms with E-state index in [9.17, 15) is 9.18 Å². The van der Waals surface area contributed by atoms with Crippen LogP contribution in [0.25, 0.3) is 0 Å². The normalized spacial score (nSPS) is 10.6. The van der Waals surface area contributed by atoms with E-state index < -0.39 is 0 Å². The maximum Gasteiger partial charge on any atom is 0.251 e. The number of nitrogens with one attached hydrogen (secondary N) is 2. The molecule has 3 nitrogen and oxygen atoms in total. The Labute approximate surface area is 150 Å². The lowest BCUT2D eigenvalue weighted by Crippen LogP contribution is -2.24. The van der Waals surface area contributed by atoms with E-state index in [-0.39, 0.29) is 11.7 Å². The summed E-state index contributed by atoms with van der Waals surface area (Å²) in [6.45, 7) is 3.87. The van der Waals surface area contributed by atoms with Crippen LogP contribution in [0.5, 0.6) is 0 Å². The highest BCUT2D eigenvalue weighted by atomic mass is 79.9. The molecule has 2 N–H and O–H groups in total. The molecule has 2 aromatic rings. The molecular weight excluding hydrogens is 371 g/mol. The van der Waals surface area contributed by atoms with Gasteiger partial charge in [0.15, 0.2) is 0 Å². The van der Waals surface area contributed by atoms with Crippen molar-refractivity contribution in [3.63, 3.8) is 0 Å². The smallest absolute Gasteiger partial charge is 0.251 e. The third-order valence-electron chi connectivity index (χ3n) is 3.69. The first-order valence-corrected chi connectivity index (χ1v) is 8.91. The number of carbonyl (C=O) groups is 1. The van der Waals surface area contributed by atoms with Gasteiger partial charge in [0, 0.05) is 35.2 Å². The zero-order chi connectivity index (χ0) is 17.4. The quantitative estimate of drug-likeness (QED) is 0.653. The molecule has 0 bridgehead atoms. The first kappa shape index (κ1) is 18.6. The largest absolute Gasteiger partial charge is 0.352 e. The molecule has 0 unspecified atom stereocenters. The van der Waals surface area contributed by atoms with E-state index in [1.807, 2.05) is 30.3 Å². The van der Waals surface area contributed by atoms with Crippen LogP contribution in [-0.2, 0) is 13.1 Å². The monoisotopic (exact) mass is 392 g/mol. The molecule has 2 rings (SSSR count). The lowest BCUT2D eigenvalue weighted by molar-refractivity contribution is 0.0953. The molecule has 0 aliphatic rings. The number of hydrogen-bond donors (Lipinski definition) is 2. The molecule has 0 fully saturated rings. The fourth-order valence-electron chi connectivity index (χ4n) is 2.26. The minimum Gasteiger partial charge on any atom is -0.352 e. The van der Waals surface area contributed by atoms with Gasteiger partial charge in [-0.1, -0.05) is 47.5 Å². The first-order valence-electron chi connectivity index (χ1n) is 8.12. The maximum absolute atomic E-state index is 13.7. The fourth-order valence-corrected chi connectivity index (χ4v) is 2.59. The van der Waals surface area contributed by atoms with Gasteiger partial charge >= 0.3 is 0 Å². The molecule has 128 valence electrons. The number of amides is 1. The molecule has 5 heteroatoms. The zero-order valence-electron chi connectivity index (χ0n) is 13.7. The van der Waals surface area contributed by atoms with E-state index in [4.69, 9.17) is 0 Å². The van der Waals surface area contributed by atoms with Crippen LogP contribution in [0.4, 0.5) is 4.39 Å². The fraction of sp³-hybridized carbons (Fsp3) is 0.316. The van der Waals surface area contributed by atoms with Crippen molar-refractivity contribution in [1.29, 1.82) is 0 Å². The van der Waals surface area contributed by atoms with Crippen molar-refractivity contribution in [2.45, 2.75) is 32.9 Å². The number of unbranched alkanes of at least 4 members (excludes halogenated alkanes) is 1. The number of benzene rings is 2. The lowest BCUT2D eigenvalue weighted by Gasteiger charge is -2.08. The summed E-state index contributed by atoms with van der Waals surface area (Å²) in [6, 6.07) is 12.5. The van der Waals surface area contributed by atoms with Gasteiger partial charge in [-0.05, 0) is 36.2 Å². The summed E-state index contributed by atoms with van der Waals surface area (Å²) in [5, 5.41) is 6.11. The predicted molar refractivity (Wildman–Crippen MR) is 98.3 cm³/mol. The van der Waals surface area contributed by atoms with Gasteiger partial charge in [-0.25, -0.2) is 4.39 Å². The minimum atomic E-state index is -0.226. The van der Waals surface area contributed by atoms with Crippen LogP contribution in [0, 0.1) is 5.82 Å². The molecule has 0 radical (unpaired) electrons. The van der Waals surface area contributed by atoms with E-state index in [1.165, 1.54) is 6.07 Å². The van der Waals surface area contributed by atoms with E-state index >= 15 is 0 Å². The molecule has 1 amide bonds. The second-order valence-electron chi connectivity index (χ2n) is 5.65. The Balaban J connectivity index is 1.82. The standard InChI is InChI=1S/C19H22BrFN2O/c1-2-3-10-23-19(24)15-6-4-14(5-7-15)12-22-13-16-8-9-17(20)11-18(16)21/h4-9,11,22H,2-3,10,12-13H2,1H3,(H,23,24).